The minimum Gasteiger partial charge on any atom is -0.451 e. The maximum atomic E-state index is 12.2. The van der Waals surface area contributed by atoms with E-state index in [9.17, 15) is 9.59 Å². The molecule has 114 valence electrons. The summed E-state index contributed by atoms with van der Waals surface area (Å²) in [7, 11) is 0. The van der Waals surface area contributed by atoms with Crippen molar-refractivity contribution in [2.45, 2.75) is 13.0 Å². The van der Waals surface area contributed by atoms with Crippen LogP contribution in [-0.2, 0) is 4.74 Å². The number of Topliss-reactive ketones (excluding diaryl/α,β-unsaturated/α-hetero) is 1. The zero-order chi connectivity index (χ0) is 16.3. The first-order chi connectivity index (χ1) is 10.4. The summed E-state index contributed by atoms with van der Waals surface area (Å²) in [5, 5.41) is 1.01. The van der Waals surface area contributed by atoms with Crippen LogP contribution in [0.3, 0.4) is 0 Å². The molecule has 0 saturated heterocycles. The molecule has 0 amide bonds. The molecule has 22 heavy (non-hydrogen) atoms. The lowest BCUT2D eigenvalue weighted by atomic mass is 10.1. The molecular weight excluding hydrogens is 347 g/mol. The molecule has 0 fully saturated rings. The highest BCUT2D eigenvalue weighted by Gasteiger charge is 2.22. The molecule has 0 bridgehead atoms. The molecule has 0 radical (unpaired) electrons. The largest absolute Gasteiger partial charge is 0.451 e. The van der Waals surface area contributed by atoms with Crippen molar-refractivity contribution in [1.82, 2.24) is 0 Å². The summed E-state index contributed by atoms with van der Waals surface area (Å²) < 4.78 is 5.15. The minimum absolute atomic E-state index is 0.150. The minimum atomic E-state index is -0.960. The van der Waals surface area contributed by atoms with Crippen molar-refractivity contribution >= 4 is 46.6 Å². The van der Waals surface area contributed by atoms with Gasteiger partial charge in [-0.05, 0) is 37.3 Å². The maximum absolute atomic E-state index is 12.2. The average Bonchev–Trinajstić information content (AvgIpc) is 2.46. The van der Waals surface area contributed by atoms with E-state index in [-0.39, 0.29) is 16.4 Å². The van der Waals surface area contributed by atoms with E-state index in [1.807, 2.05) is 0 Å². The number of halogens is 3. The number of rotatable bonds is 4. The van der Waals surface area contributed by atoms with E-state index in [0.717, 1.165) is 0 Å². The molecule has 6 heteroatoms. The number of ketones is 1. The van der Waals surface area contributed by atoms with Gasteiger partial charge in [-0.3, -0.25) is 4.79 Å². The van der Waals surface area contributed by atoms with Gasteiger partial charge in [-0.25, -0.2) is 4.79 Å². The molecule has 0 heterocycles. The third-order valence-corrected chi connectivity index (χ3v) is 3.70. The molecule has 0 saturated carbocycles. The fraction of sp³-hybridized carbons (Fsp3) is 0.125. The van der Waals surface area contributed by atoms with E-state index >= 15 is 0 Å². The number of hydrogen-bond acceptors (Lipinski definition) is 3. The Labute approximate surface area is 142 Å². The Hall–Kier alpha value is -1.55. The Kier molecular flexibility index (Phi) is 5.46. The Balaban J connectivity index is 2.12. The zero-order valence-electron chi connectivity index (χ0n) is 11.5. The van der Waals surface area contributed by atoms with Crippen molar-refractivity contribution in [2.75, 3.05) is 0 Å². The predicted molar refractivity (Wildman–Crippen MR) is 87.1 cm³/mol. The summed E-state index contributed by atoms with van der Waals surface area (Å²) in [5.74, 6) is -1.04. The first-order valence-corrected chi connectivity index (χ1v) is 7.47. The van der Waals surface area contributed by atoms with Crippen LogP contribution in [0, 0.1) is 0 Å². The van der Waals surface area contributed by atoms with Crippen LogP contribution in [0.15, 0.2) is 42.5 Å². The molecule has 0 aliphatic rings. The molecule has 0 spiro atoms. The number of benzene rings is 2. The van der Waals surface area contributed by atoms with Crippen molar-refractivity contribution in [2.24, 2.45) is 0 Å². The van der Waals surface area contributed by atoms with Gasteiger partial charge in [-0.2, -0.15) is 0 Å². The van der Waals surface area contributed by atoms with Gasteiger partial charge < -0.3 is 4.74 Å². The summed E-state index contributed by atoms with van der Waals surface area (Å²) >= 11 is 17.5. The smallest absolute Gasteiger partial charge is 0.340 e. The summed E-state index contributed by atoms with van der Waals surface area (Å²) in [4.78, 5) is 24.3. The molecule has 2 aromatic carbocycles. The molecule has 0 aliphatic carbocycles. The van der Waals surface area contributed by atoms with Crippen LogP contribution in [-0.4, -0.2) is 17.9 Å². The quantitative estimate of drug-likeness (QED) is 0.566. The molecule has 2 aromatic rings. The zero-order valence-corrected chi connectivity index (χ0v) is 13.7. The van der Waals surface area contributed by atoms with E-state index in [1.165, 1.54) is 31.2 Å². The maximum Gasteiger partial charge on any atom is 0.340 e. The van der Waals surface area contributed by atoms with Gasteiger partial charge >= 0.3 is 5.97 Å². The standard InChI is InChI=1S/C16H11Cl3O3/c1-9(15(20)10-3-2-4-11(17)7-10)22-16(21)13-6-5-12(18)8-14(13)19/h2-9H,1H3. The number of carbonyl (C=O) groups excluding carboxylic acids is 2. The van der Waals surface area contributed by atoms with Crippen LogP contribution in [0.2, 0.25) is 15.1 Å². The lowest BCUT2D eigenvalue weighted by Crippen LogP contribution is -2.24. The van der Waals surface area contributed by atoms with Gasteiger partial charge in [0.1, 0.15) is 0 Å². The summed E-state index contributed by atoms with van der Waals surface area (Å²) in [5.41, 5.74) is 0.520. The second-order valence-electron chi connectivity index (χ2n) is 4.55. The van der Waals surface area contributed by atoms with Crippen molar-refractivity contribution in [1.29, 1.82) is 0 Å². The molecule has 0 aliphatic heterocycles. The molecular formula is C16H11Cl3O3. The monoisotopic (exact) mass is 356 g/mol. The van der Waals surface area contributed by atoms with Crippen molar-refractivity contribution in [3.8, 4) is 0 Å². The highest BCUT2D eigenvalue weighted by atomic mass is 35.5. The fourth-order valence-electron chi connectivity index (χ4n) is 1.81. The van der Waals surface area contributed by atoms with E-state index in [2.05, 4.69) is 0 Å². The fourth-order valence-corrected chi connectivity index (χ4v) is 2.48. The lowest BCUT2D eigenvalue weighted by Gasteiger charge is -2.13. The van der Waals surface area contributed by atoms with E-state index < -0.39 is 12.1 Å². The number of esters is 1. The number of carbonyl (C=O) groups is 2. The highest BCUT2D eigenvalue weighted by Crippen LogP contribution is 2.22. The second kappa shape index (κ2) is 7.14. The lowest BCUT2D eigenvalue weighted by molar-refractivity contribution is 0.0319. The van der Waals surface area contributed by atoms with Crippen molar-refractivity contribution in [3.05, 3.63) is 68.7 Å². The van der Waals surface area contributed by atoms with Crippen LogP contribution in [0.25, 0.3) is 0 Å². The Morgan fingerprint density at radius 1 is 1.00 bits per heavy atom. The highest BCUT2D eigenvalue weighted by molar-refractivity contribution is 6.36. The third kappa shape index (κ3) is 4.01. The molecule has 0 aromatic heterocycles. The van der Waals surface area contributed by atoms with Gasteiger partial charge in [-0.15, -0.1) is 0 Å². The van der Waals surface area contributed by atoms with Gasteiger partial charge in [0.2, 0.25) is 5.78 Å². The number of ether oxygens (including phenoxy) is 1. The summed E-state index contributed by atoms with van der Waals surface area (Å²) in [6.07, 6.45) is -0.960. The predicted octanol–water partition coefficient (Wildman–Crippen LogP) is 5.08. The van der Waals surface area contributed by atoms with E-state index in [0.29, 0.717) is 15.6 Å². The number of hydrogen-bond donors (Lipinski definition) is 0. The Morgan fingerprint density at radius 2 is 1.68 bits per heavy atom. The van der Waals surface area contributed by atoms with Crippen LogP contribution >= 0.6 is 34.8 Å². The Bertz CT molecular complexity index is 728. The molecule has 1 unspecified atom stereocenters. The summed E-state index contributed by atoms with van der Waals surface area (Å²) in [6, 6.07) is 10.8. The van der Waals surface area contributed by atoms with Crippen molar-refractivity contribution < 1.29 is 14.3 Å². The van der Waals surface area contributed by atoms with Crippen LogP contribution in [0.5, 0.6) is 0 Å². The topological polar surface area (TPSA) is 43.4 Å². The third-order valence-electron chi connectivity index (χ3n) is 2.91. The van der Waals surface area contributed by atoms with Crippen LogP contribution in [0.4, 0.5) is 0 Å². The SMILES string of the molecule is CC(OC(=O)c1ccc(Cl)cc1Cl)C(=O)c1cccc(Cl)c1. The van der Waals surface area contributed by atoms with Gasteiger partial charge in [0.15, 0.2) is 6.10 Å². The molecule has 3 nitrogen and oxygen atoms in total. The van der Waals surface area contributed by atoms with Gasteiger partial charge in [-0.1, -0.05) is 46.9 Å². The van der Waals surface area contributed by atoms with E-state index in [4.69, 9.17) is 39.5 Å². The Morgan fingerprint density at radius 3 is 2.32 bits per heavy atom. The molecule has 1 atom stereocenters. The first-order valence-electron chi connectivity index (χ1n) is 6.34. The normalized spacial score (nSPS) is 11.8. The van der Waals surface area contributed by atoms with E-state index in [1.54, 1.807) is 18.2 Å². The molecule has 2 rings (SSSR count). The first kappa shape index (κ1) is 16.8. The average molecular weight is 358 g/mol. The van der Waals surface area contributed by atoms with Gasteiger partial charge in [0.25, 0.3) is 0 Å². The van der Waals surface area contributed by atoms with Gasteiger partial charge in [0.05, 0.1) is 10.6 Å². The van der Waals surface area contributed by atoms with Crippen LogP contribution in [0.1, 0.15) is 27.6 Å². The van der Waals surface area contributed by atoms with Gasteiger partial charge in [0, 0.05) is 15.6 Å². The molecule has 0 N–H and O–H groups in total. The van der Waals surface area contributed by atoms with Crippen molar-refractivity contribution in [3.63, 3.8) is 0 Å². The second-order valence-corrected chi connectivity index (χ2v) is 5.83. The van der Waals surface area contributed by atoms with Crippen LogP contribution < -0.4 is 0 Å². The summed E-state index contributed by atoms with van der Waals surface area (Å²) in [6.45, 7) is 1.49.